The van der Waals surface area contributed by atoms with Gasteiger partial charge in [0.15, 0.2) is 0 Å². The minimum absolute atomic E-state index is 0.0370. The molecule has 28 heavy (non-hydrogen) atoms. The normalized spacial score (nSPS) is 17.0. The number of benzene rings is 2. The van der Waals surface area contributed by atoms with Crippen LogP contribution in [-0.4, -0.2) is 42.3 Å². The van der Waals surface area contributed by atoms with E-state index in [1.54, 1.807) is 19.2 Å². The summed E-state index contributed by atoms with van der Waals surface area (Å²) in [6.45, 7) is -1.30. The predicted octanol–water partition coefficient (Wildman–Crippen LogP) is 3.20. The van der Waals surface area contributed by atoms with Gasteiger partial charge in [-0.1, -0.05) is 0 Å². The van der Waals surface area contributed by atoms with E-state index in [0.29, 0.717) is 11.4 Å². The molecule has 3 rings (SSSR count). The van der Waals surface area contributed by atoms with Crippen molar-refractivity contribution in [3.05, 3.63) is 48.0 Å². The van der Waals surface area contributed by atoms with Gasteiger partial charge in [-0.2, -0.15) is 8.78 Å². The zero-order valence-corrected chi connectivity index (χ0v) is 16.4. The molecular formula is C19H22F2N2O4S. The maximum atomic E-state index is 13.1. The lowest BCUT2D eigenvalue weighted by Gasteiger charge is -2.21. The van der Waals surface area contributed by atoms with Crippen LogP contribution >= 0.6 is 0 Å². The van der Waals surface area contributed by atoms with E-state index in [0.717, 1.165) is 29.4 Å². The highest BCUT2D eigenvalue weighted by Crippen LogP contribution is 2.34. The second-order valence-electron chi connectivity index (χ2n) is 6.44. The lowest BCUT2D eigenvalue weighted by Crippen LogP contribution is -2.26. The molecule has 152 valence electrons. The van der Waals surface area contributed by atoms with Crippen molar-refractivity contribution in [3.8, 4) is 11.5 Å². The Balaban J connectivity index is 1.90. The number of rotatable bonds is 7. The maximum absolute atomic E-state index is 13.1. The molecule has 6 nitrogen and oxygen atoms in total. The lowest BCUT2D eigenvalue weighted by atomic mass is 9.97. The quantitative estimate of drug-likeness (QED) is 0.757. The SMILES string of the molecule is COc1ccc(S(=O)(=O)N(C)c2ccc(OC(F)F)cc2)cc1C1CCNC1. The highest BCUT2D eigenvalue weighted by Gasteiger charge is 2.26. The summed E-state index contributed by atoms with van der Waals surface area (Å²) < 4.78 is 61.5. The monoisotopic (exact) mass is 412 g/mol. The maximum Gasteiger partial charge on any atom is 0.387 e. The third-order valence-electron chi connectivity index (χ3n) is 4.79. The fraction of sp³-hybridized carbons (Fsp3) is 0.368. The van der Waals surface area contributed by atoms with Gasteiger partial charge in [-0.3, -0.25) is 4.31 Å². The minimum Gasteiger partial charge on any atom is -0.496 e. The topological polar surface area (TPSA) is 67.9 Å². The number of hydrogen-bond donors (Lipinski definition) is 1. The Labute approximate surface area is 163 Å². The number of alkyl halides is 2. The molecule has 1 fully saturated rings. The van der Waals surface area contributed by atoms with Crippen LogP contribution < -0.4 is 19.1 Å². The molecule has 2 aromatic carbocycles. The molecule has 1 heterocycles. The molecule has 0 aliphatic carbocycles. The van der Waals surface area contributed by atoms with Crippen LogP contribution in [0.4, 0.5) is 14.5 Å². The summed E-state index contributed by atoms with van der Waals surface area (Å²) in [4.78, 5) is 0.144. The summed E-state index contributed by atoms with van der Waals surface area (Å²) in [7, 11) is -0.860. The molecule has 1 atom stereocenters. The lowest BCUT2D eigenvalue weighted by molar-refractivity contribution is -0.0498. The number of anilines is 1. The van der Waals surface area contributed by atoms with E-state index in [1.165, 1.54) is 37.4 Å². The Morgan fingerprint density at radius 1 is 1.18 bits per heavy atom. The molecule has 2 aromatic rings. The Morgan fingerprint density at radius 3 is 2.46 bits per heavy atom. The largest absolute Gasteiger partial charge is 0.496 e. The van der Waals surface area contributed by atoms with Gasteiger partial charge in [0.2, 0.25) is 0 Å². The first-order valence-electron chi connectivity index (χ1n) is 8.75. The van der Waals surface area contributed by atoms with Gasteiger partial charge in [-0.15, -0.1) is 0 Å². The predicted molar refractivity (Wildman–Crippen MR) is 102 cm³/mol. The van der Waals surface area contributed by atoms with Crippen molar-refractivity contribution < 1.29 is 26.7 Å². The second kappa shape index (κ2) is 8.32. The number of nitrogens with zero attached hydrogens (tertiary/aromatic N) is 1. The summed E-state index contributed by atoms with van der Waals surface area (Å²) in [5, 5.41) is 3.27. The first-order valence-corrected chi connectivity index (χ1v) is 10.2. The van der Waals surface area contributed by atoms with Gasteiger partial charge in [0.1, 0.15) is 11.5 Å². The van der Waals surface area contributed by atoms with Gasteiger partial charge in [0.25, 0.3) is 10.0 Å². The van der Waals surface area contributed by atoms with Gasteiger partial charge in [-0.25, -0.2) is 8.42 Å². The summed E-state index contributed by atoms with van der Waals surface area (Å²) in [5.74, 6) is 0.801. The molecular weight excluding hydrogens is 390 g/mol. The summed E-state index contributed by atoms with van der Waals surface area (Å²) in [5.41, 5.74) is 1.18. The molecule has 1 saturated heterocycles. The molecule has 9 heteroatoms. The second-order valence-corrected chi connectivity index (χ2v) is 8.41. The van der Waals surface area contributed by atoms with Crippen molar-refractivity contribution in [2.45, 2.75) is 23.8 Å². The van der Waals surface area contributed by atoms with E-state index < -0.39 is 16.6 Å². The standard InChI is InChI=1S/C19H22F2N2O4S/c1-23(14-3-5-15(6-4-14)27-19(20)21)28(24,25)16-7-8-18(26-2)17(11-16)13-9-10-22-12-13/h3-8,11,13,19,22H,9-10,12H2,1-2H3. The molecule has 0 radical (unpaired) electrons. The first-order chi connectivity index (χ1) is 13.3. The van der Waals surface area contributed by atoms with Crippen LogP contribution in [0.2, 0.25) is 0 Å². The van der Waals surface area contributed by atoms with Crippen molar-refractivity contribution in [2.24, 2.45) is 0 Å². The number of sulfonamides is 1. The summed E-state index contributed by atoms with van der Waals surface area (Å²) in [6.07, 6.45) is 0.904. The van der Waals surface area contributed by atoms with Crippen LogP contribution in [0.25, 0.3) is 0 Å². The van der Waals surface area contributed by atoms with Crippen molar-refractivity contribution in [2.75, 3.05) is 31.6 Å². The molecule has 1 unspecified atom stereocenters. The molecule has 1 N–H and O–H groups in total. The van der Waals surface area contributed by atoms with E-state index >= 15 is 0 Å². The molecule has 0 bridgehead atoms. The van der Waals surface area contributed by atoms with Crippen LogP contribution in [0.3, 0.4) is 0 Å². The van der Waals surface area contributed by atoms with E-state index in [1.807, 2.05) is 0 Å². The summed E-state index contributed by atoms with van der Waals surface area (Å²) >= 11 is 0. The minimum atomic E-state index is -3.84. The molecule has 1 aliphatic rings. The van der Waals surface area contributed by atoms with Crippen LogP contribution in [0, 0.1) is 0 Å². The van der Waals surface area contributed by atoms with Crippen molar-refractivity contribution in [1.82, 2.24) is 5.32 Å². The average molecular weight is 412 g/mol. The highest BCUT2D eigenvalue weighted by atomic mass is 32.2. The zero-order chi connectivity index (χ0) is 20.3. The van der Waals surface area contributed by atoms with Crippen LogP contribution in [0.1, 0.15) is 17.9 Å². The Morgan fingerprint density at radius 2 is 1.89 bits per heavy atom. The van der Waals surface area contributed by atoms with Gasteiger partial charge in [0.05, 0.1) is 17.7 Å². The van der Waals surface area contributed by atoms with E-state index in [4.69, 9.17) is 4.74 Å². The van der Waals surface area contributed by atoms with Crippen molar-refractivity contribution >= 4 is 15.7 Å². The third-order valence-corrected chi connectivity index (χ3v) is 6.57. The molecule has 0 saturated carbocycles. The number of ether oxygens (including phenoxy) is 2. The Bertz CT molecular complexity index is 914. The van der Waals surface area contributed by atoms with Crippen LogP contribution in [0.5, 0.6) is 11.5 Å². The zero-order valence-electron chi connectivity index (χ0n) is 15.6. The van der Waals surface area contributed by atoms with E-state index in [-0.39, 0.29) is 16.6 Å². The van der Waals surface area contributed by atoms with E-state index in [9.17, 15) is 17.2 Å². The van der Waals surface area contributed by atoms with Crippen molar-refractivity contribution in [1.29, 1.82) is 0 Å². The van der Waals surface area contributed by atoms with Crippen molar-refractivity contribution in [3.63, 3.8) is 0 Å². The molecule has 1 aliphatic heterocycles. The fourth-order valence-corrected chi connectivity index (χ4v) is 4.48. The van der Waals surface area contributed by atoms with Gasteiger partial charge in [-0.05, 0) is 61.0 Å². The number of halogens is 2. The van der Waals surface area contributed by atoms with Gasteiger partial charge >= 0.3 is 6.61 Å². The Hall–Kier alpha value is -2.39. The van der Waals surface area contributed by atoms with Gasteiger partial charge in [0, 0.05) is 19.5 Å². The van der Waals surface area contributed by atoms with Gasteiger partial charge < -0.3 is 14.8 Å². The highest BCUT2D eigenvalue weighted by molar-refractivity contribution is 7.92. The molecule has 0 aromatic heterocycles. The van der Waals surface area contributed by atoms with Crippen LogP contribution in [0.15, 0.2) is 47.4 Å². The first kappa shape index (κ1) is 20.3. The fourth-order valence-electron chi connectivity index (χ4n) is 3.25. The number of hydrogen-bond acceptors (Lipinski definition) is 5. The number of methoxy groups -OCH3 is 1. The molecule has 0 spiro atoms. The number of nitrogens with one attached hydrogen (secondary N) is 1. The smallest absolute Gasteiger partial charge is 0.387 e. The Kier molecular flexibility index (Phi) is 6.04. The molecule has 0 amide bonds. The van der Waals surface area contributed by atoms with Crippen LogP contribution in [-0.2, 0) is 10.0 Å². The summed E-state index contributed by atoms with van der Waals surface area (Å²) in [6, 6.07) is 10.3. The van der Waals surface area contributed by atoms with E-state index in [2.05, 4.69) is 10.1 Å². The third kappa shape index (κ3) is 4.20. The average Bonchev–Trinajstić information content (AvgIpc) is 3.21.